The first kappa shape index (κ1) is 22.7. The number of halogens is 1. The van der Waals surface area contributed by atoms with Crippen LogP contribution in [-0.2, 0) is 11.3 Å². The van der Waals surface area contributed by atoms with Gasteiger partial charge < -0.3 is 4.74 Å². The molecule has 1 atom stereocenters. The summed E-state index contributed by atoms with van der Waals surface area (Å²) in [5.74, 6) is 0.416. The molecule has 0 radical (unpaired) electrons. The lowest BCUT2D eigenvalue weighted by Gasteiger charge is -2.25. The van der Waals surface area contributed by atoms with E-state index in [0.29, 0.717) is 19.6 Å². The highest BCUT2D eigenvalue weighted by atomic mass is 19.1. The molecule has 33 heavy (non-hydrogen) atoms. The number of benzene rings is 3. The highest BCUT2D eigenvalue weighted by Crippen LogP contribution is 2.33. The van der Waals surface area contributed by atoms with E-state index in [1.807, 2.05) is 73.5 Å². The first-order valence-corrected chi connectivity index (χ1v) is 11.1. The molecule has 0 saturated heterocycles. The highest BCUT2D eigenvalue weighted by molar-refractivity contribution is 6.03. The fourth-order valence-corrected chi connectivity index (χ4v) is 4.02. The van der Waals surface area contributed by atoms with Crippen molar-refractivity contribution in [2.75, 3.05) is 20.2 Å². The minimum Gasteiger partial charge on any atom is -0.494 e. The average Bonchev–Trinajstić information content (AvgIpc) is 3.26. The highest BCUT2D eigenvalue weighted by Gasteiger charge is 2.33. The summed E-state index contributed by atoms with van der Waals surface area (Å²) >= 11 is 0. The maximum absolute atomic E-state index is 13.4. The Hall–Kier alpha value is -3.51. The molecular formula is C27H28FN3O2. The van der Waals surface area contributed by atoms with Gasteiger partial charge in [0.25, 0.3) is 5.91 Å². The topological polar surface area (TPSA) is 45.1 Å². The average molecular weight is 446 g/mol. The van der Waals surface area contributed by atoms with Crippen LogP contribution in [0.1, 0.15) is 36.1 Å². The van der Waals surface area contributed by atoms with Crippen LogP contribution in [0.25, 0.3) is 0 Å². The summed E-state index contributed by atoms with van der Waals surface area (Å²) in [5, 5.41) is 6.26. The number of hydrazone groups is 1. The number of amides is 1. The molecule has 6 heteroatoms. The van der Waals surface area contributed by atoms with Gasteiger partial charge in [-0.1, -0.05) is 54.6 Å². The van der Waals surface area contributed by atoms with Gasteiger partial charge >= 0.3 is 0 Å². The molecule has 1 heterocycles. The number of rotatable bonds is 8. The van der Waals surface area contributed by atoms with Crippen LogP contribution < -0.4 is 4.74 Å². The van der Waals surface area contributed by atoms with Gasteiger partial charge in [-0.2, -0.15) is 5.10 Å². The van der Waals surface area contributed by atoms with Crippen LogP contribution >= 0.6 is 0 Å². The Bertz CT molecular complexity index is 1100. The van der Waals surface area contributed by atoms with E-state index in [0.717, 1.165) is 28.2 Å². The monoisotopic (exact) mass is 445 g/mol. The number of hydrogen-bond donors (Lipinski definition) is 0. The molecule has 0 saturated carbocycles. The molecule has 3 aromatic rings. The third kappa shape index (κ3) is 5.65. The van der Waals surface area contributed by atoms with Crippen molar-refractivity contribution in [3.05, 3.63) is 101 Å². The maximum atomic E-state index is 13.4. The van der Waals surface area contributed by atoms with Gasteiger partial charge in [0.05, 0.1) is 24.9 Å². The molecule has 0 aliphatic carbocycles. The molecule has 170 valence electrons. The van der Waals surface area contributed by atoms with Crippen molar-refractivity contribution in [3.63, 3.8) is 0 Å². The minimum absolute atomic E-state index is 0.0792. The van der Waals surface area contributed by atoms with Gasteiger partial charge in [0.2, 0.25) is 0 Å². The molecular weight excluding hydrogens is 417 g/mol. The zero-order valence-electron chi connectivity index (χ0n) is 18.9. The van der Waals surface area contributed by atoms with Gasteiger partial charge in [0.1, 0.15) is 11.6 Å². The van der Waals surface area contributed by atoms with E-state index in [9.17, 15) is 9.18 Å². The van der Waals surface area contributed by atoms with Crippen molar-refractivity contribution in [3.8, 4) is 5.75 Å². The lowest BCUT2D eigenvalue weighted by molar-refractivity contribution is -0.134. The van der Waals surface area contributed by atoms with Crippen LogP contribution in [-0.4, -0.2) is 41.7 Å². The van der Waals surface area contributed by atoms with E-state index < -0.39 is 0 Å². The van der Waals surface area contributed by atoms with Crippen LogP contribution in [0.5, 0.6) is 5.75 Å². The summed E-state index contributed by atoms with van der Waals surface area (Å²) in [4.78, 5) is 15.3. The standard InChI is InChI=1S/C27H28FN3O2/c1-3-33-24-15-11-22(12-16-24)26-17-25(21-9-13-23(28)14-10-21)29-31(26)27(32)19-30(2)18-20-7-5-4-6-8-20/h4-16,26H,3,17-19H2,1-2H3/t26-/m1/s1. The molecule has 1 aliphatic rings. The van der Waals surface area contributed by atoms with Crippen LogP contribution in [0.3, 0.4) is 0 Å². The number of ether oxygens (including phenoxy) is 1. The van der Waals surface area contributed by atoms with Crippen molar-refractivity contribution < 1.29 is 13.9 Å². The van der Waals surface area contributed by atoms with Crippen molar-refractivity contribution in [2.24, 2.45) is 5.10 Å². The van der Waals surface area contributed by atoms with Crippen molar-refractivity contribution in [1.29, 1.82) is 0 Å². The molecule has 0 N–H and O–H groups in total. The van der Waals surface area contributed by atoms with Gasteiger partial charge in [0.15, 0.2) is 0 Å². The summed E-state index contributed by atoms with van der Waals surface area (Å²) < 4.78 is 19.0. The summed E-state index contributed by atoms with van der Waals surface area (Å²) in [7, 11) is 1.93. The van der Waals surface area contributed by atoms with E-state index in [1.54, 1.807) is 17.1 Å². The predicted octanol–water partition coefficient (Wildman–Crippen LogP) is 5.03. The SMILES string of the molecule is CCOc1ccc([C@H]2CC(c3ccc(F)cc3)=NN2C(=O)CN(C)Cc2ccccc2)cc1. The van der Waals surface area contributed by atoms with Crippen LogP contribution in [0.15, 0.2) is 84.0 Å². The van der Waals surface area contributed by atoms with E-state index in [4.69, 9.17) is 4.74 Å². The lowest BCUT2D eigenvalue weighted by Crippen LogP contribution is -2.36. The van der Waals surface area contributed by atoms with Crippen LogP contribution in [0, 0.1) is 5.82 Å². The molecule has 1 aliphatic heterocycles. The maximum Gasteiger partial charge on any atom is 0.257 e. The van der Waals surface area contributed by atoms with E-state index in [2.05, 4.69) is 5.10 Å². The fraction of sp³-hybridized carbons (Fsp3) is 0.259. The lowest BCUT2D eigenvalue weighted by atomic mass is 9.98. The molecule has 3 aromatic carbocycles. The molecule has 1 amide bonds. The summed E-state index contributed by atoms with van der Waals surface area (Å²) in [6, 6.07) is 23.9. The Labute approximate surface area is 194 Å². The zero-order valence-corrected chi connectivity index (χ0v) is 18.9. The van der Waals surface area contributed by atoms with Gasteiger partial charge in [-0.15, -0.1) is 0 Å². The number of likely N-dealkylation sites (N-methyl/N-ethyl adjacent to an activating group) is 1. The Balaban J connectivity index is 1.55. The Morgan fingerprint density at radius 2 is 1.76 bits per heavy atom. The Kier molecular flexibility index (Phi) is 7.15. The normalized spacial score (nSPS) is 15.6. The summed E-state index contributed by atoms with van der Waals surface area (Å²) in [5.41, 5.74) is 3.72. The smallest absolute Gasteiger partial charge is 0.257 e. The minimum atomic E-state index is -0.295. The largest absolute Gasteiger partial charge is 0.494 e. The van der Waals surface area contributed by atoms with E-state index in [-0.39, 0.29) is 24.3 Å². The molecule has 0 fully saturated rings. The quantitative estimate of drug-likeness (QED) is 0.488. The van der Waals surface area contributed by atoms with E-state index in [1.165, 1.54) is 12.1 Å². The molecule has 4 rings (SSSR count). The van der Waals surface area contributed by atoms with E-state index >= 15 is 0 Å². The molecule has 5 nitrogen and oxygen atoms in total. The third-order valence-electron chi connectivity index (χ3n) is 5.62. The second-order valence-electron chi connectivity index (χ2n) is 8.17. The number of carbonyl (C=O) groups excluding carboxylic acids is 1. The predicted molar refractivity (Wildman–Crippen MR) is 128 cm³/mol. The second kappa shape index (κ2) is 10.4. The third-order valence-corrected chi connectivity index (χ3v) is 5.62. The Morgan fingerprint density at radius 1 is 1.06 bits per heavy atom. The van der Waals surface area contributed by atoms with Crippen molar-refractivity contribution >= 4 is 11.6 Å². The first-order valence-electron chi connectivity index (χ1n) is 11.1. The zero-order chi connectivity index (χ0) is 23.2. The fourth-order valence-electron chi connectivity index (χ4n) is 4.02. The van der Waals surface area contributed by atoms with Gasteiger partial charge in [-0.05, 0) is 54.9 Å². The van der Waals surface area contributed by atoms with Crippen molar-refractivity contribution in [2.45, 2.75) is 25.9 Å². The van der Waals surface area contributed by atoms with Crippen LogP contribution in [0.4, 0.5) is 4.39 Å². The molecule has 0 bridgehead atoms. The van der Waals surface area contributed by atoms with Gasteiger partial charge in [0, 0.05) is 13.0 Å². The number of nitrogens with zero attached hydrogens (tertiary/aromatic N) is 3. The summed E-state index contributed by atoms with van der Waals surface area (Å²) in [6.45, 7) is 3.45. The first-order chi connectivity index (χ1) is 16.0. The second-order valence-corrected chi connectivity index (χ2v) is 8.17. The number of hydrogen-bond acceptors (Lipinski definition) is 4. The van der Waals surface area contributed by atoms with Crippen molar-refractivity contribution in [1.82, 2.24) is 9.91 Å². The van der Waals surface area contributed by atoms with Gasteiger partial charge in [-0.25, -0.2) is 9.40 Å². The van der Waals surface area contributed by atoms with Crippen LogP contribution in [0.2, 0.25) is 0 Å². The summed E-state index contributed by atoms with van der Waals surface area (Å²) in [6.07, 6.45) is 0.563. The number of carbonyl (C=O) groups is 1. The Morgan fingerprint density at radius 3 is 2.42 bits per heavy atom. The molecule has 0 aromatic heterocycles. The molecule has 0 unspecified atom stereocenters. The van der Waals surface area contributed by atoms with Gasteiger partial charge in [-0.3, -0.25) is 9.69 Å². The molecule has 0 spiro atoms.